The molecule has 0 unspecified atom stereocenters. The maximum absolute atomic E-state index is 14.0. The Hall–Kier alpha value is -3.30. The number of phenols is 1. The van der Waals surface area contributed by atoms with Crippen LogP contribution in [0.1, 0.15) is 63.4 Å². The average Bonchev–Trinajstić information content (AvgIpc) is 2.81. The zero-order valence-corrected chi connectivity index (χ0v) is 21.3. The highest BCUT2D eigenvalue weighted by molar-refractivity contribution is 5.89. The molecule has 0 heterocycles. The van der Waals surface area contributed by atoms with Crippen molar-refractivity contribution in [2.45, 2.75) is 70.4 Å². The number of aliphatic imine (C=N–C) groups is 1. The van der Waals surface area contributed by atoms with Gasteiger partial charge in [0.1, 0.15) is 18.3 Å². The van der Waals surface area contributed by atoms with Crippen molar-refractivity contribution in [1.29, 1.82) is 0 Å². The quantitative estimate of drug-likeness (QED) is 0.161. The number of carboxylic acids is 1. The summed E-state index contributed by atoms with van der Waals surface area (Å²) in [5, 5.41) is 21.3. The van der Waals surface area contributed by atoms with Crippen LogP contribution in [0.2, 0.25) is 0 Å². The van der Waals surface area contributed by atoms with Crippen molar-refractivity contribution in [3.63, 3.8) is 0 Å². The third-order valence-electron chi connectivity index (χ3n) is 8.32. The van der Waals surface area contributed by atoms with Crippen molar-refractivity contribution < 1.29 is 24.6 Å². The zero-order chi connectivity index (χ0) is 26.6. The van der Waals surface area contributed by atoms with Crippen molar-refractivity contribution in [3.05, 3.63) is 29.8 Å². The minimum atomic E-state index is -1.16. The van der Waals surface area contributed by atoms with Crippen LogP contribution in [0.4, 0.5) is 0 Å². The highest BCUT2D eigenvalue weighted by Crippen LogP contribution is 2.61. The summed E-state index contributed by atoms with van der Waals surface area (Å²) >= 11 is 0. The number of phenolic OH excluding ortho intramolecular Hbond substituents is 1. The minimum absolute atomic E-state index is 0.0145. The zero-order valence-electron chi connectivity index (χ0n) is 21.3. The van der Waals surface area contributed by atoms with E-state index in [0.717, 1.165) is 24.8 Å². The lowest BCUT2D eigenvalue weighted by atomic mass is 9.49. The van der Waals surface area contributed by atoms with Gasteiger partial charge in [-0.15, -0.1) is 0 Å². The van der Waals surface area contributed by atoms with Crippen LogP contribution in [0, 0.1) is 23.2 Å². The number of hydrogen-bond donors (Lipinski definition) is 5. The normalized spacial score (nSPS) is 26.3. The standard InChI is InChI=1S/C27H39N5O5/c28-26(29)30-7-1-2-22(25(37)31-15-24(35)36)32(16-17-3-5-21(33)6-4-17)23(34)14-27-11-18-8-19(12-27)10-20(9-18)13-27/h3-6,18-20,22,33H,1-2,7-16H2,(H,31,37)(H,35,36)(H4,28,29,30)/t18?,19?,20?,22-,27?/m1/s1. The number of nitrogens with two attached hydrogens (primary N) is 2. The van der Waals surface area contributed by atoms with Gasteiger partial charge < -0.3 is 31.9 Å². The van der Waals surface area contributed by atoms with Crippen LogP contribution in [0.5, 0.6) is 5.75 Å². The van der Waals surface area contributed by atoms with Gasteiger partial charge in [0.25, 0.3) is 0 Å². The fraction of sp³-hybridized carbons (Fsp3) is 0.630. The monoisotopic (exact) mass is 513 g/mol. The molecule has 0 aliphatic heterocycles. The summed E-state index contributed by atoms with van der Waals surface area (Å²) in [7, 11) is 0. The van der Waals surface area contributed by atoms with E-state index >= 15 is 0 Å². The summed E-state index contributed by atoms with van der Waals surface area (Å²) in [4.78, 5) is 44.0. The molecule has 4 aliphatic carbocycles. The van der Waals surface area contributed by atoms with Gasteiger partial charge in [-0.3, -0.25) is 19.4 Å². The molecule has 202 valence electrons. The van der Waals surface area contributed by atoms with Gasteiger partial charge >= 0.3 is 5.97 Å². The molecule has 37 heavy (non-hydrogen) atoms. The summed E-state index contributed by atoms with van der Waals surface area (Å²) in [5.41, 5.74) is 11.6. The Kier molecular flexibility index (Phi) is 8.24. The fourth-order valence-electron chi connectivity index (χ4n) is 7.30. The number of carbonyl (C=O) groups is 3. The number of nitrogens with zero attached hydrogens (tertiary/aromatic N) is 2. The lowest BCUT2D eigenvalue weighted by molar-refractivity contribution is -0.148. The van der Waals surface area contributed by atoms with Gasteiger partial charge in [-0.2, -0.15) is 0 Å². The first kappa shape index (κ1) is 26.8. The van der Waals surface area contributed by atoms with E-state index in [9.17, 15) is 19.5 Å². The molecule has 0 spiro atoms. The van der Waals surface area contributed by atoms with Gasteiger partial charge in [-0.1, -0.05) is 12.1 Å². The van der Waals surface area contributed by atoms with Gasteiger partial charge in [-0.05, 0) is 92.2 Å². The van der Waals surface area contributed by atoms with Crippen LogP contribution in [-0.4, -0.2) is 58.0 Å². The molecule has 4 aliphatic rings. The Morgan fingerprint density at radius 3 is 2.19 bits per heavy atom. The summed E-state index contributed by atoms with van der Waals surface area (Å²) in [5.74, 6) is 0.389. The van der Waals surface area contributed by atoms with Crippen LogP contribution in [0.25, 0.3) is 0 Å². The lowest BCUT2D eigenvalue weighted by Gasteiger charge is -2.57. The van der Waals surface area contributed by atoms with E-state index in [1.165, 1.54) is 19.3 Å². The second kappa shape index (κ2) is 11.4. The second-order valence-corrected chi connectivity index (χ2v) is 11.4. The highest BCUT2D eigenvalue weighted by Gasteiger charge is 2.52. The van der Waals surface area contributed by atoms with E-state index in [1.807, 2.05) is 0 Å². The molecule has 4 bridgehead atoms. The van der Waals surface area contributed by atoms with Crippen LogP contribution in [0.3, 0.4) is 0 Å². The first-order chi connectivity index (χ1) is 17.6. The van der Waals surface area contributed by atoms with Crippen molar-refractivity contribution >= 4 is 23.7 Å². The van der Waals surface area contributed by atoms with Gasteiger partial charge in [0.2, 0.25) is 11.8 Å². The van der Waals surface area contributed by atoms with Gasteiger partial charge in [-0.25, -0.2) is 0 Å². The number of aromatic hydroxyl groups is 1. The molecule has 2 amide bonds. The summed E-state index contributed by atoms with van der Waals surface area (Å²) in [6.07, 6.45) is 8.15. The molecule has 1 aromatic carbocycles. The largest absolute Gasteiger partial charge is 0.508 e. The Morgan fingerprint density at radius 2 is 1.65 bits per heavy atom. The molecule has 4 fully saturated rings. The average molecular weight is 514 g/mol. The van der Waals surface area contributed by atoms with Gasteiger partial charge in [0, 0.05) is 19.5 Å². The molecule has 1 aromatic rings. The number of carbonyl (C=O) groups excluding carboxylic acids is 2. The number of aliphatic carboxylic acids is 1. The topological polar surface area (TPSA) is 171 Å². The predicted octanol–water partition coefficient (Wildman–Crippen LogP) is 1.95. The summed E-state index contributed by atoms with van der Waals surface area (Å²) < 4.78 is 0. The van der Waals surface area contributed by atoms with Crippen molar-refractivity contribution in [2.24, 2.45) is 39.6 Å². The van der Waals surface area contributed by atoms with E-state index < -0.39 is 24.5 Å². The first-order valence-electron chi connectivity index (χ1n) is 13.2. The highest BCUT2D eigenvalue weighted by atomic mass is 16.4. The SMILES string of the molecule is NC(N)=NCCC[C@H](C(=O)NCC(=O)O)N(Cc1ccc(O)cc1)C(=O)CC12CC3CC(CC(C3)C1)C2. The maximum atomic E-state index is 14.0. The molecule has 10 nitrogen and oxygen atoms in total. The van der Waals surface area contributed by atoms with Gasteiger partial charge in [0.15, 0.2) is 5.96 Å². The first-order valence-corrected chi connectivity index (χ1v) is 13.2. The Labute approximate surface area is 217 Å². The lowest BCUT2D eigenvalue weighted by Crippen LogP contribution is -2.53. The number of rotatable bonds is 12. The summed E-state index contributed by atoms with van der Waals surface area (Å²) in [6.45, 7) is -0.0559. The molecule has 7 N–H and O–H groups in total. The molecule has 0 radical (unpaired) electrons. The van der Waals surface area contributed by atoms with Crippen molar-refractivity contribution in [2.75, 3.05) is 13.1 Å². The van der Waals surface area contributed by atoms with Crippen LogP contribution < -0.4 is 16.8 Å². The van der Waals surface area contributed by atoms with Crippen molar-refractivity contribution in [3.8, 4) is 5.75 Å². The number of carboxylic acid groups (broad SMARTS) is 1. The van der Waals surface area contributed by atoms with E-state index in [2.05, 4.69) is 10.3 Å². The van der Waals surface area contributed by atoms with Crippen molar-refractivity contribution in [1.82, 2.24) is 10.2 Å². The third-order valence-corrected chi connectivity index (χ3v) is 8.32. The number of hydrogen-bond acceptors (Lipinski definition) is 5. The van der Waals surface area contributed by atoms with E-state index in [0.29, 0.717) is 37.1 Å². The fourth-order valence-corrected chi connectivity index (χ4v) is 7.30. The maximum Gasteiger partial charge on any atom is 0.322 e. The molecule has 10 heteroatoms. The Bertz CT molecular complexity index is 985. The van der Waals surface area contributed by atoms with Gasteiger partial charge in [0.05, 0.1) is 0 Å². The molecule has 4 saturated carbocycles. The van der Waals surface area contributed by atoms with E-state index in [4.69, 9.17) is 16.6 Å². The van der Waals surface area contributed by atoms with E-state index in [-0.39, 0.29) is 36.0 Å². The predicted molar refractivity (Wildman–Crippen MR) is 138 cm³/mol. The number of amides is 2. The molecule has 0 aromatic heterocycles. The third kappa shape index (κ3) is 6.93. The number of guanidine groups is 1. The van der Waals surface area contributed by atoms with Crippen LogP contribution in [0.15, 0.2) is 29.3 Å². The molecule has 1 atom stereocenters. The molecular weight excluding hydrogens is 474 g/mol. The summed E-state index contributed by atoms with van der Waals surface area (Å²) in [6, 6.07) is 5.69. The van der Waals surface area contributed by atoms with Crippen LogP contribution in [-0.2, 0) is 20.9 Å². The molecular formula is C27H39N5O5. The smallest absolute Gasteiger partial charge is 0.322 e. The Balaban J connectivity index is 1.57. The van der Waals surface area contributed by atoms with E-state index in [1.54, 1.807) is 29.2 Å². The number of nitrogens with one attached hydrogen (secondary N) is 1. The van der Waals surface area contributed by atoms with Crippen LogP contribution >= 0.6 is 0 Å². The Morgan fingerprint density at radius 1 is 1.05 bits per heavy atom. The second-order valence-electron chi connectivity index (χ2n) is 11.4. The minimum Gasteiger partial charge on any atom is -0.508 e. The number of benzene rings is 1. The molecule has 5 rings (SSSR count). The molecule has 0 saturated heterocycles.